The Balaban J connectivity index is 1.64. The van der Waals surface area contributed by atoms with Gasteiger partial charge in [-0.3, -0.25) is 14.5 Å². The quantitative estimate of drug-likeness (QED) is 0.883. The molecule has 0 aliphatic carbocycles. The van der Waals surface area contributed by atoms with Gasteiger partial charge in [0, 0.05) is 45.7 Å². The van der Waals surface area contributed by atoms with E-state index in [4.69, 9.17) is 0 Å². The average Bonchev–Trinajstić information content (AvgIpc) is 3.01. The van der Waals surface area contributed by atoms with Crippen LogP contribution in [-0.2, 0) is 4.79 Å². The van der Waals surface area contributed by atoms with Crippen LogP contribution in [-0.4, -0.2) is 60.9 Å². The molecule has 6 heteroatoms. The van der Waals surface area contributed by atoms with E-state index >= 15 is 0 Å². The largest absolute Gasteiger partial charge is 0.350 e. The minimum absolute atomic E-state index is 0.000188. The van der Waals surface area contributed by atoms with Gasteiger partial charge in [0.25, 0.3) is 5.91 Å². The van der Waals surface area contributed by atoms with E-state index in [2.05, 4.69) is 10.2 Å². The summed E-state index contributed by atoms with van der Waals surface area (Å²) in [6, 6.07) is 3.71. The van der Waals surface area contributed by atoms with Crippen molar-refractivity contribution in [2.24, 2.45) is 0 Å². The Morgan fingerprint density at radius 3 is 2.65 bits per heavy atom. The highest BCUT2D eigenvalue weighted by Crippen LogP contribution is 2.07. The molecule has 20 heavy (non-hydrogen) atoms. The van der Waals surface area contributed by atoms with E-state index in [9.17, 15) is 9.59 Å². The van der Waals surface area contributed by atoms with Gasteiger partial charge >= 0.3 is 0 Å². The number of thiophene rings is 1. The molecular formula is C14H21N3O2S. The van der Waals surface area contributed by atoms with Crippen molar-refractivity contribution in [1.82, 2.24) is 15.1 Å². The minimum atomic E-state index is -0.000188. The first-order valence-electron chi connectivity index (χ1n) is 7.02. The summed E-state index contributed by atoms with van der Waals surface area (Å²) >= 11 is 1.45. The number of amides is 2. The molecule has 1 saturated heterocycles. The van der Waals surface area contributed by atoms with Gasteiger partial charge in [0.2, 0.25) is 5.91 Å². The summed E-state index contributed by atoms with van der Waals surface area (Å²) in [5, 5.41) is 4.83. The van der Waals surface area contributed by atoms with E-state index in [0.717, 1.165) is 37.6 Å². The van der Waals surface area contributed by atoms with Gasteiger partial charge in [-0.15, -0.1) is 11.3 Å². The third kappa shape index (κ3) is 4.05. The maximum atomic E-state index is 11.8. The SMILES string of the molecule is CCC(=O)N1CCN(CCNC(=O)c2cccs2)CC1. The third-order valence-corrected chi connectivity index (χ3v) is 4.35. The van der Waals surface area contributed by atoms with Crippen LogP contribution in [0.25, 0.3) is 0 Å². The zero-order valence-electron chi connectivity index (χ0n) is 11.8. The number of nitrogens with one attached hydrogen (secondary N) is 1. The third-order valence-electron chi connectivity index (χ3n) is 3.49. The molecule has 0 atom stereocenters. The number of hydrogen-bond donors (Lipinski definition) is 1. The standard InChI is InChI=1S/C14H21N3O2S/c1-2-13(18)17-9-7-16(8-10-17)6-5-15-14(19)12-4-3-11-20-12/h3-4,11H,2,5-10H2,1H3,(H,15,19). The second-order valence-corrected chi connectivity index (χ2v) is 5.76. The average molecular weight is 295 g/mol. The Morgan fingerprint density at radius 1 is 1.30 bits per heavy atom. The summed E-state index contributed by atoms with van der Waals surface area (Å²) in [6.45, 7) is 6.76. The highest BCUT2D eigenvalue weighted by Gasteiger charge is 2.19. The predicted octanol–water partition coefficient (Wildman–Crippen LogP) is 1.03. The van der Waals surface area contributed by atoms with E-state index in [-0.39, 0.29) is 11.8 Å². The number of rotatable bonds is 5. The summed E-state index contributed by atoms with van der Waals surface area (Å²) in [7, 11) is 0. The molecule has 0 aromatic carbocycles. The lowest BCUT2D eigenvalue weighted by Gasteiger charge is -2.34. The highest BCUT2D eigenvalue weighted by atomic mass is 32.1. The normalized spacial score (nSPS) is 16.1. The Kier molecular flexibility index (Phi) is 5.55. The first-order chi connectivity index (χ1) is 9.70. The number of carbonyl (C=O) groups excluding carboxylic acids is 2. The zero-order chi connectivity index (χ0) is 14.4. The fraction of sp³-hybridized carbons (Fsp3) is 0.571. The fourth-order valence-corrected chi connectivity index (χ4v) is 2.91. The van der Waals surface area contributed by atoms with Gasteiger partial charge in [-0.2, -0.15) is 0 Å². The molecule has 5 nitrogen and oxygen atoms in total. The van der Waals surface area contributed by atoms with Crippen molar-refractivity contribution in [3.63, 3.8) is 0 Å². The van der Waals surface area contributed by atoms with Gasteiger partial charge in [-0.1, -0.05) is 13.0 Å². The van der Waals surface area contributed by atoms with Gasteiger partial charge in [-0.25, -0.2) is 0 Å². The molecule has 0 unspecified atom stereocenters. The van der Waals surface area contributed by atoms with Crippen LogP contribution < -0.4 is 5.32 Å². The molecule has 2 amide bonds. The van der Waals surface area contributed by atoms with Gasteiger partial charge in [0.05, 0.1) is 4.88 Å². The lowest BCUT2D eigenvalue weighted by Crippen LogP contribution is -2.50. The van der Waals surface area contributed by atoms with Crippen molar-refractivity contribution >= 4 is 23.2 Å². The van der Waals surface area contributed by atoms with Crippen LogP contribution in [0, 0.1) is 0 Å². The van der Waals surface area contributed by atoms with Gasteiger partial charge in [-0.05, 0) is 11.4 Å². The van der Waals surface area contributed by atoms with E-state index in [1.54, 1.807) is 0 Å². The Bertz CT molecular complexity index is 439. The fourth-order valence-electron chi connectivity index (χ4n) is 2.27. The molecule has 0 bridgehead atoms. The summed E-state index contributed by atoms with van der Waals surface area (Å²) in [6.07, 6.45) is 0.580. The molecular weight excluding hydrogens is 274 g/mol. The predicted molar refractivity (Wildman–Crippen MR) is 80.0 cm³/mol. The molecule has 1 fully saturated rings. The molecule has 1 N–H and O–H groups in total. The molecule has 0 spiro atoms. The molecule has 1 aliphatic heterocycles. The lowest BCUT2D eigenvalue weighted by atomic mass is 10.3. The zero-order valence-corrected chi connectivity index (χ0v) is 12.6. The van der Waals surface area contributed by atoms with Gasteiger partial charge < -0.3 is 10.2 Å². The topological polar surface area (TPSA) is 52.7 Å². The van der Waals surface area contributed by atoms with Crippen LogP contribution >= 0.6 is 11.3 Å². The molecule has 110 valence electrons. The Hall–Kier alpha value is -1.40. The van der Waals surface area contributed by atoms with Crippen molar-refractivity contribution < 1.29 is 9.59 Å². The van der Waals surface area contributed by atoms with Crippen molar-refractivity contribution in [2.75, 3.05) is 39.3 Å². The van der Waals surface area contributed by atoms with Gasteiger partial charge in [0.1, 0.15) is 0 Å². The second-order valence-electron chi connectivity index (χ2n) is 4.81. The van der Waals surface area contributed by atoms with E-state index in [0.29, 0.717) is 13.0 Å². The number of hydrogen-bond acceptors (Lipinski definition) is 4. The van der Waals surface area contributed by atoms with E-state index in [1.807, 2.05) is 29.3 Å². The maximum absolute atomic E-state index is 11.8. The number of nitrogens with zero attached hydrogens (tertiary/aromatic N) is 2. The molecule has 0 radical (unpaired) electrons. The smallest absolute Gasteiger partial charge is 0.261 e. The summed E-state index contributed by atoms with van der Waals surface area (Å²) in [5.74, 6) is 0.232. The highest BCUT2D eigenvalue weighted by molar-refractivity contribution is 7.12. The number of carbonyl (C=O) groups is 2. The van der Waals surface area contributed by atoms with Crippen molar-refractivity contribution in [3.05, 3.63) is 22.4 Å². The van der Waals surface area contributed by atoms with Crippen molar-refractivity contribution in [3.8, 4) is 0 Å². The van der Waals surface area contributed by atoms with Crippen LogP contribution in [0.3, 0.4) is 0 Å². The summed E-state index contributed by atoms with van der Waals surface area (Å²) in [5.41, 5.74) is 0. The van der Waals surface area contributed by atoms with E-state index < -0.39 is 0 Å². The summed E-state index contributed by atoms with van der Waals surface area (Å²) < 4.78 is 0. The van der Waals surface area contributed by atoms with Crippen molar-refractivity contribution in [1.29, 1.82) is 0 Å². The van der Waals surface area contributed by atoms with E-state index in [1.165, 1.54) is 11.3 Å². The molecule has 0 saturated carbocycles. The molecule has 1 aromatic heterocycles. The Morgan fingerprint density at radius 2 is 2.05 bits per heavy atom. The van der Waals surface area contributed by atoms with Gasteiger partial charge in [0.15, 0.2) is 0 Å². The first kappa shape index (κ1) is 15.0. The number of piperazine rings is 1. The maximum Gasteiger partial charge on any atom is 0.261 e. The minimum Gasteiger partial charge on any atom is -0.350 e. The first-order valence-corrected chi connectivity index (χ1v) is 7.90. The van der Waals surface area contributed by atoms with Crippen molar-refractivity contribution in [2.45, 2.75) is 13.3 Å². The molecule has 1 aliphatic rings. The molecule has 1 aromatic rings. The van der Waals surface area contributed by atoms with Crippen LogP contribution in [0.15, 0.2) is 17.5 Å². The van der Waals surface area contributed by atoms with Crippen LogP contribution in [0.2, 0.25) is 0 Å². The lowest BCUT2D eigenvalue weighted by molar-refractivity contribution is -0.132. The molecule has 2 heterocycles. The molecule has 2 rings (SSSR count). The van der Waals surface area contributed by atoms with Crippen LogP contribution in [0.5, 0.6) is 0 Å². The second kappa shape index (κ2) is 7.40. The van der Waals surface area contributed by atoms with Crippen LogP contribution in [0.1, 0.15) is 23.0 Å². The summed E-state index contributed by atoms with van der Waals surface area (Å²) in [4.78, 5) is 28.3. The van der Waals surface area contributed by atoms with Crippen LogP contribution in [0.4, 0.5) is 0 Å². The Labute approximate surface area is 123 Å². The monoisotopic (exact) mass is 295 g/mol.